The molecule has 0 saturated carbocycles. The fourth-order valence-electron chi connectivity index (χ4n) is 3.98. The first-order valence-electron chi connectivity index (χ1n) is 10.9. The number of aliphatic imine (C=N–C) groups is 1. The van der Waals surface area contributed by atoms with Crippen molar-refractivity contribution in [2.75, 3.05) is 0 Å². The Kier molecular flexibility index (Phi) is 6.92. The molecule has 4 rings (SSSR count). The molecule has 2 atom stereocenters. The lowest BCUT2D eigenvalue weighted by molar-refractivity contribution is -0.877. The van der Waals surface area contributed by atoms with Crippen molar-refractivity contribution in [2.24, 2.45) is 4.99 Å². The number of hydroxylamine groups is 2. The van der Waals surface area contributed by atoms with E-state index in [2.05, 4.69) is 15.3 Å². The van der Waals surface area contributed by atoms with Crippen LogP contribution < -0.4 is 10.4 Å². The first-order chi connectivity index (χ1) is 16.2. The molecule has 2 aromatic heterocycles. The summed E-state index contributed by atoms with van der Waals surface area (Å²) < 4.78 is 6.25. The molecule has 3 aromatic rings. The number of allylic oxidation sites excluding steroid dienone is 1. The average Bonchev–Trinajstić information content (AvgIpc) is 3.19. The van der Waals surface area contributed by atoms with Crippen molar-refractivity contribution >= 4 is 29.3 Å². The number of pyridine rings is 1. The van der Waals surface area contributed by atoms with E-state index in [1.165, 1.54) is 6.92 Å². The predicted molar refractivity (Wildman–Crippen MR) is 131 cm³/mol. The van der Waals surface area contributed by atoms with Crippen molar-refractivity contribution in [3.63, 3.8) is 0 Å². The molecule has 2 N–H and O–H groups in total. The van der Waals surface area contributed by atoms with E-state index in [1.807, 2.05) is 38.1 Å². The molecule has 1 aliphatic rings. The third-order valence-corrected chi connectivity index (χ3v) is 5.88. The average molecular weight is 480 g/mol. The van der Waals surface area contributed by atoms with Gasteiger partial charge in [-0.1, -0.05) is 29.8 Å². The summed E-state index contributed by atoms with van der Waals surface area (Å²) in [5.74, 6) is 0.674. The largest absolute Gasteiger partial charge is 0.634 e. The molecule has 2 unspecified atom stereocenters. The number of benzene rings is 1. The molecule has 0 fully saturated rings. The third-order valence-electron chi connectivity index (χ3n) is 5.55. The quantitative estimate of drug-likeness (QED) is 0.503. The summed E-state index contributed by atoms with van der Waals surface area (Å²) in [6, 6.07) is 11.0. The number of hydrogen-bond acceptors (Lipinski definition) is 6. The lowest BCUT2D eigenvalue weighted by atomic mass is 9.95. The zero-order valence-corrected chi connectivity index (χ0v) is 20.0. The van der Waals surface area contributed by atoms with Crippen molar-refractivity contribution in [3.8, 4) is 11.3 Å². The van der Waals surface area contributed by atoms with Gasteiger partial charge in [0.25, 0.3) is 0 Å². The number of oxazole rings is 1. The number of aromatic nitrogens is 2. The standard InChI is InChI=1S/C25H26ClN5O3/c1-16-12-28-25(3,30-17(2)32)11-20(16)24-29-22(15-31(33)14-18-7-6-10-27-13-18)23(34-24)19-8-4-5-9-21(19)26/h4-10,12-13,31H,11,14-15H2,1-3H3,(H,30,32). The van der Waals surface area contributed by atoms with E-state index in [4.69, 9.17) is 21.0 Å². The Balaban J connectivity index is 1.70. The van der Waals surface area contributed by atoms with Crippen molar-refractivity contribution in [1.82, 2.24) is 15.3 Å². The molecule has 176 valence electrons. The molecule has 0 radical (unpaired) electrons. The van der Waals surface area contributed by atoms with Crippen LogP contribution in [0.4, 0.5) is 0 Å². The van der Waals surface area contributed by atoms with Crippen molar-refractivity contribution in [3.05, 3.63) is 81.7 Å². The van der Waals surface area contributed by atoms with Gasteiger partial charge in [-0.05, 0) is 37.6 Å². The predicted octanol–water partition coefficient (Wildman–Crippen LogP) is 3.57. The molecular formula is C25H26ClN5O3. The number of amides is 1. The highest BCUT2D eigenvalue weighted by Gasteiger charge is 2.32. The van der Waals surface area contributed by atoms with Gasteiger partial charge in [-0.25, -0.2) is 4.98 Å². The first-order valence-corrected chi connectivity index (χ1v) is 11.3. The number of hydrogen-bond donors (Lipinski definition) is 2. The number of nitrogens with zero attached hydrogens (tertiary/aromatic N) is 3. The summed E-state index contributed by atoms with van der Waals surface area (Å²) in [7, 11) is 0. The maximum absolute atomic E-state index is 12.9. The number of carbonyl (C=O) groups excluding carboxylic acids is 1. The summed E-state index contributed by atoms with van der Waals surface area (Å²) in [6.45, 7) is 5.54. The van der Waals surface area contributed by atoms with Gasteiger partial charge in [-0.15, -0.1) is 0 Å². The van der Waals surface area contributed by atoms with E-state index in [9.17, 15) is 10.0 Å². The first kappa shape index (κ1) is 23.8. The number of quaternary nitrogens is 1. The number of dihydropyridines is 1. The van der Waals surface area contributed by atoms with Crippen LogP contribution in [0.15, 0.2) is 63.8 Å². The summed E-state index contributed by atoms with van der Waals surface area (Å²) >= 11 is 6.46. The number of nitrogens with one attached hydrogen (secondary N) is 2. The molecule has 1 aromatic carbocycles. The molecule has 0 aliphatic carbocycles. The lowest BCUT2D eigenvalue weighted by Crippen LogP contribution is -3.04. The van der Waals surface area contributed by atoms with Gasteiger partial charge in [-0.3, -0.25) is 14.8 Å². The van der Waals surface area contributed by atoms with Crippen LogP contribution in [-0.4, -0.2) is 27.8 Å². The fourth-order valence-corrected chi connectivity index (χ4v) is 4.20. The third kappa shape index (κ3) is 5.41. The summed E-state index contributed by atoms with van der Waals surface area (Å²) in [5, 5.41) is 16.3. The van der Waals surface area contributed by atoms with Gasteiger partial charge in [0.15, 0.2) is 5.76 Å². The lowest BCUT2D eigenvalue weighted by Gasteiger charge is -2.30. The second-order valence-electron chi connectivity index (χ2n) is 8.58. The van der Waals surface area contributed by atoms with Crippen molar-refractivity contribution in [2.45, 2.75) is 45.9 Å². The van der Waals surface area contributed by atoms with E-state index in [1.54, 1.807) is 30.7 Å². The SMILES string of the molecule is CC(=O)NC1(C)CC(c2nc(C[NH+]([O-])Cc3cccnc3)c(-c3ccccc3Cl)o2)=C(C)C=N1. The smallest absolute Gasteiger partial charge is 0.223 e. The Morgan fingerprint density at radius 1 is 1.26 bits per heavy atom. The number of carbonyl (C=O) groups is 1. The second-order valence-corrected chi connectivity index (χ2v) is 8.99. The van der Waals surface area contributed by atoms with Gasteiger partial charge in [0.2, 0.25) is 11.8 Å². The van der Waals surface area contributed by atoms with Crippen LogP contribution in [0.25, 0.3) is 16.9 Å². The van der Waals surface area contributed by atoms with Crippen LogP contribution in [0, 0.1) is 5.21 Å². The van der Waals surface area contributed by atoms with Crippen LogP contribution in [0.5, 0.6) is 0 Å². The Bertz CT molecular complexity index is 1250. The minimum absolute atomic E-state index is 0.0138. The normalized spacial score (nSPS) is 18.7. The Morgan fingerprint density at radius 3 is 2.76 bits per heavy atom. The Labute approximate surface area is 203 Å². The number of rotatable bonds is 7. The number of halogens is 1. The summed E-state index contributed by atoms with van der Waals surface area (Å²) in [4.78, 5) is 25.0. The minimum Gasteiger partial charge on any atom is -0.634 e. The van der Waals surface area contributed by atoms with Gasteiger partial charge < -0.3 is 20.0 Å². The summed E-state index contributed by atoms with van der Waals surface area (Å²) in [5.41, 5.74) is 2.90. The maximum Gasteiger partial charge on any atom is 0.223 e. The molecule has 34 heavy (non-hydrogen) atoms. The van der Waals surface area contributed by atoms with Crippen LogP contribution in [0.2, 0.25) is 5.02 Å². The Morgan fingerprint density at radius 2 is 2.06 bits per heavy atom. The van der Waals surface area contributed by atoms with E-state index in [-0.39, 0.29) is 24.1 Å². The van der Waals surface area contributed by atoms with Crippen LogP contribution in [-0.2, 0) is 17.9 Å². The van der Waals surface area contributed by atoms with Gasteiger partial charge in [0.05, 0.1) is 5.02 Å². The molecule has 8 nitrogen and oxygen atoms in total. The zero-order chi connectivity index (χ0) is 24.3. The molecule has 9 heteroatoms. The van der Waals surface area contributed by atoms with Crippen LogP contribution >= 0.6 is 11.6 Å². The minimum atomic E-state index is -0.810. The van der Waals surface area contributed by atoms with Crippen LogP contribution in [0.3, 0.4) is 0 Å². The molecule has 0 saturated heterocycles. The van der Waals surface area contributed by atoms with E-state index in [0.717, 1.165) is 16.7 Å². The van der Waals surface area contributed by atoms with E-state index in [0.29, 0.717) is 34.4 Å². The molecule has 0 spiro atoms. The maximum atomic E-state index is 12.9. The molecule has 0 bridgehead atoms. The second kappa shape index (κ2) is 9.89. The highest BCUT2D eigenvalue weighted by Crippen LogP contribution is 2.37. The molecule has 1 amide bonds. The van der Waals surface area contributed by atoms with Gasteiger partial charge in [-0.2, -0.15) is 0 Å². The fraction of sp³-hybridized carbons (Fsp3) is 0.280. The summed E-state index contributed by atoms with van der Waals surface area (Å²) in [6.07, 6.45) is 5.47. The van der Waals surface area contributed by atoms with Gasteiger partial charge in [0.1, 0.15) is 24.4 Å². The Hall–Kier alpha value is -3.33. The van der Waals surface area contributed by atoms with E-state index >= 15 is 0 Å². The van der Waals surface area contributed by atoms with Crippen LogP contribution in [0.1, 0.15) is 44.3 Å². The van der Waals surface area contributed by atoms with Gasteiger partial charge in [0, 0.05) is 48.7 Å². The molecule has 1 aliphatic heterocycles. The highest BCUT2D eigenvalue weighted by atomic mass is 35.5. The topological polar surface area (TPSA) is 108 Å². The van der Waals surface area contributed by atoms with Crippen molar-refractivity contribution < 1.29 is 14.3 Å². The molecule has 3 heterocycles. The molecular weight excluding hydrogens is 454 g/mol. The van der Waals surface area contributed by atoms with E-state index < -0.39 is 5.66 Å². The zero-order valence-electron chi connectivity index (χ0n) is 19.3. The van der Waals surface area contributed by atoms with Gasteiger partial charge >= 0.3 is 0 Å². The van der Waals surface area contributed by atoms with Crippen molar-refractivity contribution in [1.29, 1.82) is 0 Å². The monoisotopic (exact) mass is 479 g/mol. The highest BCUT2D eigenvalue weighted by molar-refractivity contribution is 6.33.